The Morgan fingerprint density at radius 1 is 0.778 bits per heavy atom. The van der Waals surface area contributed by atoms with E-state index in [-0.39, 0.29) is 12.4 Å². The van der Waals surface area contributed by atoms with Crippen LogP contribution in [0.25, 0.3) is 0 Å². The molecule has 5 heteroatoms. The van der Waals surface area contributed by atoms with Crippen LogP contribution in [-0.4, -0.2) is 6.54 Å². The standard InChI is InChI=1S/C22H21Cl2NO.ClH/c23-20-9-6-17(7-10-20)12-13-25-15-19-8-11-22(21(24)14-19)26-16-18-4-2-1-3-5-18;/h1-11,14,25H,12-13,15-16H2;1H. The average Bonchev–Trinajstić information content (AvgIpc) is 2.67. The van der Waals surface area contributed by atoms with Gasteiger partial charge in [0, 0.05) is 11.6 Å². The molecule has 2 nitrogen and oxygen atoms in total. The molecule has 0 radical (unpaired) electrons. The summed E-state index contributed by atoms with van der Waals surface area (Å²) >= 11 is 12.3. The normalized spacial score (nSPS) is 10.3. The molecular formula is C22H22Cl3NO. The van der Waals surface area contributed by atoms with Crippen molar-refractivity contribution in [3.05, 3.63) is 99.5 Å². The van der Waals surface area contributed by atoms with E-state index in [1.54, 1.807) is 0 Å². The summed E-state index contributed by atoms with van der Waals surface area (Å²) in [4.78, 5) is 0. The fourth-order valence-electron chi connectivity index (χ4n) is 2.62. The van der Waals surface area contributed by atoms with Gasteiger partial charge in [-0.3, -0.25) is 0 Å². The Hall–Kier alpha value is -1.71. The predicted octanol–water partition coefficient (Wildman–Crippen LogP) is 6.33. The van der Waals surface area contributed by atoms with Crippen LogP contribution >= 0.6 is 35.6 Å². The van der Waals surface area contributed by atoms with Gasteiger partial charge in [-0.25, -0.2) is 0 Å². The van der Waals surface area contributed by atoms with E-state index in [0.29, 0.717) is 17.4 Å². The lowest BCUT2D eigenvalue weighted by molar-refractivity contribution is 0.306. The fourth-order valence-corrected chi connectivity index (χ4v) is 3.01. The molecule has 0 spiro atoms. The molecule has 0 saturated heterocycles. The first-order valence-electron chi connectivity index (χ1n) is 8.61. The highest BCUT2D eigenvalue weighted by Gasteiger charge is 2.04. The Balaban J connectivity index is 0.00000261. The first-order chi connectivity index (χ1) is 12.7. The van der Waals surface area contributed by atoms with Gasteiger partial charge in [0.15, 0.2) is 0 Å². The van der Waals surface area contributed by atoms with E-state index in [9.17, 15) is 0 Å². The van der Waals surface area contributed by atoms with Crippen molar-refractivity contribution in [3.8, 4) is 5.75 Å². The van der Waals surface area contributed by atoms with Crippen LogP contribution in [0.1, 0.15) is 16.7 Å². The van der Waals surface area contributed by atoms with Crippen molar-refractivity contribution in [3.63, 3.8) is 0 Å². The van der Waals surface area contributed by atoms with Gasteiger partial charge in [0.2, 0.25) is 0 Å². The summed E-state index contributed by atoms with van der Waals surface area (Å²) in [5, 5.41) is 4.84. The second-order valence-corrected chi connectivity index (χ2v) is 6.94. The van der Waals surface area contributed by atoms with Crippen LogP contribution in [0.5, 0.6) is 5.75 Å². The molecule has 27 heavy (non-hydrogen) atoms. The molecule has 0 unspecified atom stereocenters. The zero-order chi connectivity index (χ0) is 18.2. The lowest BCUT2D eigenvalue weighted by Gasteiger charge is -2.10. The van der Waals surface area contributed by atoms with Crippen molar-refractivity contribution < 1.29 is 4.74 Å². The monoisotopic (exact) mass is 421 g/mol. The van der Waals surface area contributed by atoms with E-state index in [1.165, 1.54) is 5.56 Å². The zero-order valence-electron chi connectivity index (χ0n) is 14.8. The Bertz CT molecular complexity index is 823. The zero-order valence-corrected chi connectivity index (χ0v) is 17.2. The van der Waals surface area contributed by atoms with Crippen LogP contribution in [0.15, 0.2) is 72.8 Å². The number of hydrogen-bond acceptors (Lipinski definition) is 2. The van der Waals surface area contributed by atoms with Crippen LogP contribution in [0.4, 0.5) is 0 Å². The molecule has 0 aromatic heterocycles. The molecule has 0 bridgehead atoms. The van der Waals surface area contributed by atoms with Gasteiger partial charge in [0.25, 0.3) is 0 Å². The maximum atomic E-state index is 6.35. The molecule has 3 rings (SSSR count). The number of benzene rings is 3. The van der Waals surface area contributed by atoms with Gasteiger partial charge in [-0.15, -0.1) is 12.4 Å². The maximum absolute atomic E-state index is 6.35. The molecule has 1 N–H and O–H groups in total. The summed E-state index contributed by atoms with van der Waals surface area (Å²) in [6.45, 7) is 2.18. The Kier molecular flexibility index (Phi) is 8.96. The molecular weight excluding hydrogens is 401 g/mol. The van der Waals surface area contributed by atoms with E-state index in [0.717, 1.165) is 35.7 Å². The number of nitrogens with one attached hydrogen (secondary N) is 1. The molecule has 0 aliphatic carbocycles. The van der Waals surface area contributed by atoms with Gasteiger partial charge < -0.3 is 10.1 Å². The molecule has 0 atom stereocenters. The number of ether oxygens (including phenoxy) is 1. The first kappa shape index (κ1) is 21.6. The Morgan fingerprint density at radius 3 is 2.19 bits per heavy atom. The van der Waals surface area contributed by atoms with Crippen molar-refractivity contribution in [2.24, 2.45) is 0 Å². The van der Waals surface area contributed by atoms with E-state index in [4.69, 9.17) is 27.9 Å². The highest BCUT2D eigenvalue weighted by Crippen LogP contribution is 2.26. The highest BCUT2D eigenvalue weighted by molar-refractivity contribution is 6.32. The number of halogens is 3. The summed E-state index contributed by atoms with van der Waals surface area (Å²) in [5.41, 5.74) is 3.53. The molecule has 0 heterocycles. The van der Waals surface area contributed by atoms with E-state index in [1.807, 2.05) is 60.7 Å². The van der Waals surface area contributed by atoms with Crippen LogP contribution in [0, 0.1) is 0 Å². The summed E-state index contributed by atoms with van der Waals surface area (Å²) in [6, 6.07) is 23.9. The van der Waals surface area contributed by atoms with Gasteiger partial charge >= 0.3 is 0 Å². The van der Waals surface area contributed by atoms with Crippen LogP contribution in [0.3, 0.4) is 0 Å². The topological polar surface area (TPSA) is 21.3 Å². The Morgan fingerprint density at radius 2 is 1.48 bits per heavy atom. The lowest BCUT2D eigenvalue weighted by atomic mass is 10.1. The summed E-state index contributed by atoms with van der Waals surface area (Å²) < 4.78 is 5.81. The summed E-state index contributed by atoms with van der Waals surface area (Å²) in [7, 11) is 0. The second kappa shape index (κ2) is 11.2. The number of rotatable bonds is 8. The van der Waals surface area contributed by atoms with Crippen molar-refractivity contribution in [1.29, 1.82) is 0 Å². The van der Waals surface area contributed by atoms with Crippen molar-refractivity contribution in [1.82, 2.24) is 5.32 Å². The second-order valence-electron chi connectivity index (χ2n) is 6.09. The third-order valence-corrected chi connectivity index (χ3v) is 4.61. The first-order valence-corrected chi connectivity index (χ1v) is 9.36. The van der Waals surface area contributed by atoms with Crippen LogP contribution in [0.2, 0.25) is 10.0 Å². The van der Waals surface area contributed by atoms with Crippen molar-refractivity contribution >= 4 is 35.6 Å². The molecule has 0 aliphatic rings. The molecule has 3 aromatic rings. The molecule has 0 amide bonds. The quantitative estimate of drug-likeness (QED) is 0.428. The third-order valence-electron chi connectivity index (χ3n) is 4.07. The van der Waals surface area contributed by atoms with Crippen molar-refractivity contribution in [2.45, 2.75) is 19.6 Å². The summed E-state index contributed by atoms with van der Waals surface area (Å²) in [5.74, 6) is 0.709. The molecule has 0 fully saturated rings. The van der Waals surface area contributed by atoms with Crippen LogP contribution in [-0.2, 0) is 19.6 Å². The smallest absolute Gasteiger partial charge is 0.138 e. The number of hydrogen-bond donors (Lipinski definition) is 1. The minimum Gasteiger partial charge on any atom is -0.487 e. The fraction of sp³-hybridized carbons (Fsp3) is 0.182. The lowest BCUT2D eigenvalue weighted by Crippen LogP contribution is -2.16. The molecule has 0 aliphatic heterocycles. The van der Waals surface area contributed by atoms with Gasteiger partial charge in [-0.1, -0.05) is 71.7 Å². The predicted molar refractivity (Wildman–Crippen MR) is 116 cm³/mol. The Labute approximate surface area is 176 Å². The van der Waals surface area contributed by atoms with Gasteiger partial charge in [-0.2, -0.15) is 0 Å². The highest BCUT2D eigenvalue weighted by atomic mass is 35.5. The average molecular weight is 423 g/mol. The molecule has 142 valence electrons. The maximum Gasteiger partial charge on any atom is 0.138 e. The van der Waals surface area contributed by atoms with E-state index in [2.05, 4.69) is 17.4 Å². The third kappa shape index (κ3) is 7.08. The minimum absolute atomic E-state index is 0. The largest absolute Gasteiger partial charge is 0.487 e. The van der Waals surface area contributed by atoms with Gasteiger partial charge in [-0.05, 0) is 53.9 Å². The minimum atomic E-state index is 0. The van der Waals surface area contributed by atoms with E-state index < -0.39 is 0 Å². The van der Waals surface area contributed by atoms with Gasteiger partial charge in [0.1, 0.15) is 12.4 Å². The van der Waals surface area contributed by atoms with Crippen LogP contribution < -0.4 is 10.1 Å². The SMILES string of the molecule is Cl.Clc1ccc(CCNCc2ccc(OCc3ccccc3)c(Cl)c2)cc1. The molecule has 3 aromatic carbocycles. The van der Waals surface area contributed by atoms with Crippen molar-refractivity contribution in [2.75, 3.05) is 6.54 Å². The molecule has 0 saturated carbocycles. The summed E-state index contributed by atoms with van der Waals surface area (Å²) in [6.07, 6.45) is 0.961. The van der Waals surface area contributed by atoms with Gasteiger partial charge in [0.05, 0.1) is 5.02 Å². The van der Waals surface area contributed by atoms with E-state index >= 15 is 0 Å².